The lowest BCUT2D eigenvalue weighted by Crippen LogP contribution is -2.24. The summed E-state index contributed by atoms with van der Waals surface area (Å²) in [5.41, 5.74) is 0.564. The predicted octanol–water partition coefficient (Wildman–Crippen LogP) is 1.38. The number of ether oxygens (including phenoxy) is 2. The average molecular weight is 251 g/mol. The molecule has 0 saturated heterocycles. The first-order chi connectivity index (χ1) is 8.67. The van der Waals surface area contributed by atoms with E-state index in [2.05, 4.69) is 10.1 Å². The summed E-state index contributed by atoms with van der Waals surface area (Å²) >= 11 is 0. The quantitative estimate of drug-likeness (QED) is 0.612. The lowest BCUT2D eigenvalue weighted by atomic mass is 10.2. The maximum atomic E-state index is 11.7. The maximum Gasteiger partial charge on any atom is 0.305 e. The number of methoxy groups -OCH3 is 2. The Morgan fingerprint density at radius 2 is 1.83 bits per heavy atom. The fraction of sp³-hybridized carbons (Fsp3) is 0.385. The minimum absolute atomic E-state index is 0.164. The van der Waals surface area contributed by atoms with E-state index in [1.54, 1.807) is 31.4 Å². The Morgan fingerprint density at radius 3 is 2.39 bits per heavy atom. The summed E-state index contributed by atoms with van der Waals surface area (Å²) in [6.07, 6.45) is 0.869. The normalized spacial score (nSPS) is 9.67. The van der Waals surface area contributed by atoms with E-state index in [4.69, 9.17) is 4.74 Å². The van der Waals surface area contributed by atoms with Gasteiger partial charge in [-0.05, 0) is 30.7 Å². The van der Waals surface area contributed by atoms with Crippen molar-refractivity contribution in [1.29, 1.82) is 0 Å². The molecule has 0 fully saturated rings. The van der Waals surface area contributed by atoms with E-state index in [0.717, 1.165) is 0 Å². The number of hydrogen-bond donors (Lipinski definition) is 1. The van der Waals surface area contributed by atoms with Gasteiger partial charge in [0, 0.05) is 18.5 Å². The molecular formula is C13H17NO4. The Labute approximate surface area is 106 Å². The molecule has 0 aliphatic rings. The molecule has 0 bridgehead atoms. The molecule has 0 heterocycles. The maximum absolute atomic E-state index is 11.7. The molecule has 0 spiro atoms. The fourth-order valence-electron chi connectivity index (χ4n) is 1.38. The highest BCUT2D eigenvalue weighted by molar-refractivity contribution is 5.94. The average Bonchev–Trinajstić information content (AvgIpc) is 2.43. The molecule has 0 aliphatic heterocycles. The van der Waals surface area contributed by atoms with Crippen molar-refractivity contribution in [3.63, 3.8) is 0 Å². The van der Waals surface area contributed by atoms with E-state index in [-0.39, 0.29) is 11.9 Å². The number of nitrogens with one attached hydrogen (secondary N) is 1. The summed E-state index contributed by atoms with van der Waals surface area (Å²) in [5.74, 6) is 0.272. The summed E-state index contributed by atoms with van der Waals surface area (Å²) < 4.78 is 9.50. The van der Waals surface area contributed by atoms with Crippen LogP contribution in [0.15, 0.2) is 24.3 Å². The van der Waals surface area contributed by atoms with E-state index in [0.29, 0.717) is 30.7 Å². The third-order valence-electron chi connectivity index (χ3n) is 2.42. The van der Waals surface area contributed by atoms with Gasteiger partial charge in [0.05, 0.1) is 14.2 Å². The third-order valence-corrected chi connectivity index (χ3v) is 2.42. The van der Waals surface area contributed by atoms with Crippen LogP contribution in [-0.2, 0) is 9.53 Å². The third kappa shape index (κ3) is 4.45. The van der Waals surface area contributed by atoms with Crippen LogP contribution in [0.2, 0.25) is 0 Å². The number of carbonyl (C=O) groups excluding carboxylic acids is 2. The fourth-order valence-corrected chi connectivity index (χ4v) is 1.38. The Bertz CT molecular complexity index is 400. The molecule has 1 rings (SSSR count). The van der Waals surface area contributed by atoms with E-state index in [1.807, 2.05) is 0 Å². The van der Waals surface area contributed by atoms with Crippen LogP contribution in [0, 0.1) is 0 Å². The number of benzene rings is 1. The van der Waals surface area contributed by atoms with Gasteiger partial charge in [0.15, 0.2) is 0 Å². The van der Waals surface area contributed by atoms with Crippen molar-refractivity contribution < 1.29 is 19.1 Å². The highest BCUT2D eigenvalue weighted by Gasteiger charge is 2.05. The summed E-state index contributed by atoms with van der Waals surface area (Å²) in [4.78, 5) is 22.5. The van der Waals surface area contributed by atoms with Gasteiger partial charge in [0.1, 0.15) is 5.75 Å². The van der Waals surface area contributed by atoms with Crippen LogP contribution < -0.4 is 10.1 Å². The van der Waals surface area contributed by atoms with Crippen LogP contribution in [-0.4, -0.2) is 32.6 Å². The highest BCUT2D eigenvalue weighted by Crippen LogP contribution is 2.10. The van der Waals surface area contributed by atoms with Crippen LogP contribution in [0.1, 0.15) is 23.2 Å². The zero-order chi connectivity index (χ0) is 13.4. The Hall–Kier alpha value is -2.04. The highest BCUT2D eigenvalue weighted by atomic mass is 16.5. The molecule has 0 saturated carbocycles. The molecule has 0 atom stereocenters. The van der Waals surface area contributed by atoms with Gasteiger partial charge in [-0.3, -0.25) is 9.59 Å². The predicted molar refractivity (Wildman–Crippen MR) is 66.6 cm³/mol. The molecule has 1 amide bonds. The van der Waals surface area contributed by atoms with Gasteiger partial charge in [-0.15, -0.1) is 0 Å². The Morgan fingerprint density at radius 1 is 1.17 bits per heavy atom. The van der Waals surface area contributed by atoms with Gasteiger partial charge in [-0.1, -0.05) is 0 Å². The Kier molecular flexibility index (Phi) is 5.70. The second kappa shape index (κ2) is 7.32. The molecular weight excluding hydrogens is 234 g/mol. The van der Waals surface area contributed by atoms with Crippen molar-refractivity contribution in [3.8, 4) is 5.75 Å². The molecule has 5 nitrogen and oxygen atoms in total. The number of esters is 1. The molecule has 1 aromatic carbocycles. The minimum atomic E-state index is -0.270. The second-order valence-corrected chi connectivity index (χ2v) is 3.66. The zero-order valence-corrected chi connectivity index (χ0v) is 10.6. The first-order valence-corrected chi connectivity index (χ1v) is 5.66. The van der Waals surface area contributed by atoms with Crippen molar-refractivity contribution in [2.24, 2.45) is 0 Å². The van der Waals surface area contributed by atoms with Crippen LogP contribution in [0.25, 0.3) is 0 Å². The molecule has 0 unspecified atom stereocenters. The summed E-state index contributed by atoms with van der Waals surface area (Å²) in [7, 11) is 2.92. The van der Waals surface area contributed by atoms with Gasteiger partial charge >= 0.3 is 5.97 Å². The summed E-state index contributed by atoms with van der Waals surface area (Å²) in [5, 5.41) is 2.73. The van der Waals surface area contributed by atoms with Crippen molar-refractivity contribution >= 4 is 11.9 Å². The molecule has 1 N–H and O–H groups in total. The topological polar surface area (TPSA) is 64.6 Å². The van der Waals surface area contributed by atoms with Gasteiger partial charge in [-0.2, -0.15) is 0 Å². The van der Waals surface area contributed by atoms with Crippen LogP contribution >= 0.6 is 0 Å². The lowest BCUT2D eigenvalue weighted by Gasteiger charge is -2.05. The van der Waals surface area contributed by atoms with Crippen LogP contribution in [0.4, 0.5) is 0 Å². The first kappa shape index (κ1) is 14.0. The van der Waals surface area contributed by atoms with Gasteiger partial charge in [0.25, 0.3) is 5.91 Å². The van der Waals surface area contributed by atoms with E-state index >= 15 is 0 Å². The van der Waals surface area contributed by atoms with Crippen molar-refractivity contribution in [3.05, 3.63) is 29.8 Å². The molecule has 98 valence electrons. The standard InChI is InChI=1S/C13H17NO4/c1-17-11-7-5-10(6-8-11)13(16)14-9-3-4-12(15)18-2/h5-8H,3-4,9H2,1-2H3,(H,14,16). The minimum Gasteiger partial charge on any atom is -0.497 e. The van der Waals surface area contributed by atoms with Gasteiger partial charge < -0.3 is 14.8 Å². The van der Waals surface area contributed by atoms with Crippen molar-refractivity contribution in [2.45, 2.75) is 12.8 Å². The first-order valence-electron chi connectivity index (χ1n) is 5.66. The monoisotopic (exact) mass is 251 g/mol. The van der Waals surface area contributed by atoms with E-state index in [1.165, 1.54) is 7.11 Å². The number of rotatable bonds is 6. The zero-order valence-electron chi connectivity index (χ0n) is 10.6. The van der Waals surface area contributed by atoms with Crippen LogP contribution in [0.5, 0.6) is 5.75 Å². The number of hydrogen-bond acceptors (Lipinski definition) is 4. The molecule has 0 radical (unpaired) electrons. The van der Waals surface area contributed by atoms with Crippen molar-refractivity contribution in [1.82, 2.24) is 5.32 Å². The van der Waals surface area contributed by atoms with E-state index < -0.39 is 0 Å². The van der Waals surface area contributed by atoms with E-state index in [9.17, 15) is 9.59 Å². The second-order valence-electron chi connectivity index (χ2n) is 3.66. The van der Waals surface area contributed by atoms with Crippen LogP contribution in [0.3, 0.4) is 0 Å². The molecule has 5 heteroatoms. The number of amides is 1. The SMILES string of the molecule is COC(=O)CCCNC(=O)c1ccc(OC)cc1. The Balaban J connectivity index is 2.33. The van der Waals surface area contributed by atoms with Gasteiger partial charge in [0.2, 0.25) is 0 Å². The molecule has 0 aliphatic carbocycles. The van der Waals surface area contributed by atoms with Gasteiger partial charge in [-0.25, -0.2) is 0 Å². The number of carbonyl (C=O) groups is 2. The summed E-state index contributed by atoms with van der Waals surface area (Å²) in [6, 6.07) is 6.83. The summed E-state index contributed by atoms with van der Waals surface area (Å²) in [6.45, 7) is 0.444. The molecule has 18 heavy (non-hydrogen) atoms. The smallest absolute Gasteiger partial charge is 0.305 e. The molecule has 1 aromatic rings. The largest absolute Gasteiger partial charge is 0.497 e. The van der Waals surface area contributed by atoms with Crippen molar-refractivity contribution in [2.75, 3.05) is 20.8 Å². The lowest BCUT2D eigenvalue weighted by molar-refractivity contribution is -0.140. The molecule has 0 aromatic heterocycles.